The van der Waals surface area contributed by atoms with Gasteiger partial charge < -0.3 is 0 Å². The Bertz CT molecular complexity index is 800. The van der Waals surface area contributed by atoms with Gasteiger partial charge in [-0.3, -0.25) is 4.79 Å². The average molecular weight is 350 g/mol. The molecule has 0 aliphatic rings. The summed E-state index contributed by atoms with van der Waals surface area (Å²) < 4.78 is 13.3. The van der Waals surface area contributed by atoms with Crippen LogP contribution in [-0.4, -0.2) is 5.78 Å². The molecule has 3 heteroatoms. The molecule has 0 bridgehead atoms. The van der Waals surface area contributed by atoms with Crippen molar-refractivity contribution in [3.8, 4) is 0 Å². The lowest BCUT2D eigenvalue weighted by Gasteiger charge is -2.17. The molecule has 0 aliphatic heterocycles. The Balaban J connectivity index is 1.76. The molecule has 1 unspecified atom stereocenters. The molecule has 126 valence electrons. The zero-order valence-electron chi connectivity index (χ0n) is 13.8. The van der Waals surface area contributed by atoms with Crippen molar-refractivity contribution in [2.45, 2.75) is 17.4 Å². The smallest absolute Gasteiger partial charge is 0.164 e. The third-order valence-electron chi connectivity index (χ3n) is 4.00. The first-order chi connectivity index (χ1) is 12.2. The van der Waals surface area contributed by atoms with Crippen molar-refractivity contribution in [1.29, 1.82) is 0 Å². The summed E-state index contributed by atoms with van der Waals surface area (Å²) in [5.41, 5.74) is 2.91. The van der Waals surface area contributed by atoms with E-state index in [1.165, 1.54) is 17.7 Å². The van der Waals surface area contributed by atoms with Crippen LogP contribution in [-0.2, 0) is 5.75 Å². The number of ketones is 1. The second kappa shape index (κ2) is 8.63. The minimum absolute atomic E-state index is 0.00601. The monoisotopic (exact) mass is 350 g/mol. The molecule has 0 N–H and O–H groups in total. The number of halogens is 1. The van der Waals surface area contributed by atoms with Crippen LogP contribution in [0.25, 0.3) is 0 Å². The summed E-state index contributed by atoms with van der Waals surface area (Å²) in [5.74, 6) is 0.658. The zero-order chi connectivity index (χ0) is 17.5. The highest BCUT2D eigenvalue weighted by atomic mass is 32.2. The summed E-state index contributed by atoms with van der Waals surface area (Å²) in [5, 5.41) is -0.00601. The summed E-state index contributed by atoms with van der Waals surface area (Å²) >= 11 is 1.71. The topological polar surface area (TPSA) is 17.1 Å². The van der Waals surface area contributed by atoms with Crippen LogP contribution in [0.15, 0.2) is 84.9 Å². The molecule has 25 heavy (non-hydrogen) atoms. The molecule has 0 aromatic heterocycles. The van der Waals surface area contributed by atoms with Crippen molar-refractivity contribution in [2.24, 2.45) is 0 Å². The highest BCUT2D eigenvalue weighted by Gasteiger charge is 2.18. The summed E-state index contributed by atoms with van der Waals surface area (Å²) in [6, 6.07) is 26.0. The van der Waals surface area contributed by atoms with Gasteiger partial charge >= 0.3 is 0 Å². The van der Waals surface area contributed by atoms with E-state index in [9.17, 15) is 9.18 Å². The lowest BCUT2D eigenvalue weighted by Crippen LogP contribution is -2.06. The molecule has 0 aliphatic carbocycles. The number of hydrogen-bond donors (Lipinski definition) is 0. The number of carbonyl (C=O) groups excluding carboxylic acids is 1. The number of hydrogen-bond acceptors (Lipinski definition) is 2. The molecule has 0 spiro atoms. The van der Waals surface area contributed by atoms with Crippen LogP contribution < -0.4 is 0 Å². The second-order valence-electron chi connectivity index (χ2n) is 5.83. The molecule has 0 amide bonds. The Morgan fingerprint density at radius 3 is 2.08 bits per heavy atom. The first-order valence-electron chi connectivity index (χ1n) is 8.21. The third-order valence-corrected chi connectivity index (χ3v) is 5.34. The summed E-state index contributed by atoms with van der Waals surface area (Å²) in [6.45, 7) is 0. The summed E-state index contributed by atoms with van der Waals surface area (Å²) in [7, 11) is 0. The molecular formula is C22H19FOS. The van der Waals surface area contributed by atoms with Crippen molar-refractivity contribution < 1.29 is 9.18 Å². The van der Waals surface area contributed by atoms with E-state index in [2.05, 4.69) is 12.1 Å². The van der Waals surface area contributed by atoms with Gasteiger partial charge in [0.05, 0.1) is 0 Å². The molecule has 0 radical (unpaired) electrons. The summed E-state index contributed by atoms with van der Waals surface area (Å²) in [6.07, 6.45) is 0.396. The van der Waals surface area contributed by atoms with Crippen LogP contribution in [0.1, 0.15) is 33.2 Å². The van der Waals surface area contributed by atoms with E-state index in [1.54, 1.807) is 23.9 Å². The van der Waals surface area contributed by atoms with Gasteiger partial charge in [-0.2, -0.15) is 0 Å². The summed E-state index contributed by atoms with van der Waals surface area (Å²) in [4.78, 5) is 12.6. The maximum Gasteiger partial charge on any atom is 0.164 e. The third kappa shape index (κ3) is 5.04. The van der Waals surface area contributed by atoms with E-state index in [-0.39, 0.29) is 16.9 Å². The van der Waals surface area contributed by atoms with Gasteiger partial charge in [0.15, 0.2) is 5.78 Å². The molecule has 1 nitrogen and oxygen atoms in total. The molecule has 3 aromatic carbocycles. The van der Waals surface area contributed by atoms with Gasteiger partial charge in [-0.05, 0) is 23.3 Å². The van der Waals surface area contributed by atoms with Crippen LogP contribution in [0.5, 0.6) is 0 Å². The largest absolute Gasteiger partial charge is 0.294 e. The zero-order valence-corrected chi connectivity index (χ0v) is 14.6. The molecule has 3 rings (SSSR count). The predicted molar refractivity (Wildman–Crippen MR) is 102 cm³/mol. The number of rotatable bonds is 7. The van der Waals surface area contributed by atoms with E-state index in [0.717, 1.165) is 16.9 Å². The molecule has 3 aromatic rings. The van der Waals surface area contributed by atoms with Crippen LogP contribution in [0.4, 0.5) is 4.39 Å². The Kier molecular flexibility index (Phi) is 6.02. The first-order valence-corrected chi connectivity index (χ1v) is 9.26. The van der Waals surface area contributed by atoms with Crippen LogP contribution >= 0.6 is 11.8 Å². The van der Waals surface area contributed by atoms with Gasteiger partial charge in [0.1, 0.15) is 5.82 Å². The van der Waals surface area contributed by atoms with Gasteiger partial charge in [-0.15, -0.1) is 11.8 Å². The number of benzene rings is 3. The van der Waals surface area contributed by atoms with Gasteiger partial charge in [0, 0.05) is 23.0 Å². The van der Waals surface area contributed by atoms with Crippen molar-refractivity contribution in [3.63, 3.8) is 0 Å². The van der Waals surface area contributed by atoms with E-state index in [1.807, 2.05) is 48.5 Å². The number of carbonyl (C=O) groups is 1. The highest BCUT2D eigenvalue weighted by molar-refractivity contribution is 7.98. The number of Topliss-reactive ketones (excluding diaryl/α,β-unsaturated/α-hetero) is 1. The minimum atomic E-state index is -0.259. The SMILES string of the molecule is O=C(CC(SCc1ccccc1)c1ccc(F)cc1)c1ccccc1. The van der Waals surface area contributed by atoms with E-state index in [0.29, 0.717) is 6.42 Å². The second-order valence-corrected chi connectivity index (χ2v) is 7.02. The van der Waals surface area contributed by atoms with E-state index >= 15 is 0 Å². The molecule has 0 fully saturated rings. The fourth-order valence-corrected chi connectivity index (χ4v) is 3.84. The quantitative estimate of drug-likeness (QED) is 0.481. The van der Waals surface area contributed by atoms with Gasteiger partial charge in [-0.25, -0.2) is 4.39 Å². The molecule has 0 saturated carbocycles. The van der Waals surface area contributed by atoms with Crippen molar-refractivity contribution >= 4 is 17.5 Å². The van der Waals surface area contributed by atoms with E-state index < -0.39 is 0 Å². The van der Waals surface area contributed by atoms with Crippen molar-refractivity contribution in [3.05, 3.63) is 107 Å². The van der Waals surface area contributed by atoms with Crippen molar-refractivity contribution in [1.82, 2.24) is 0 Å². The molecule has 0 heterocycles. The van der Waals surface area contributed by atoms with Crippen LogP contribution in [0.2, 0.25) is 0 Å². The van der Waals surface area contributed by atoms with Crippen LogP contribution in [0, 0.1) is 5.82 Å². The normalized spacial score (nSPS) is 11.9. The lowest BCUT2D eigenvalue weighted by atomic mass is 10.0. The molecule has 0 saturated heterocycles. The van der Waals surface area contributed by atoms with Crippen LogP contribution in [0.3, 0.4) is 0 Å². The fraction of sp³-hybridized carbons (Fsp3) is 0.136. The van der Waals surface area contributed by atoms with E-state index in [4.69, 9.17) is 0 Å². The lowest BCUT2D eigenvalue weighted by molar-refractivity contribution is 0.0982. The fourth-order valence-electron chi connectivity index (χ4n) is 2.63. The Labute approximate surface area is 151 Å². The van der Waals surface area contributed by atoms with Gasteiger partial charge in [-0.1, -0.05) is 72.8 Å². The molecular weight excluding hydrogens is 331 g/mol. The highest BCUT2D eigenvalue weighted by Crippen LogP contribution is 2.35. The molecule has 1 atom stereocenters. The Morgan fingerprint density at radius 2 is 1.44 bits per heavy atom. The number of thioether (sulfide) groups is 1. The maximum absolute atomic E-state index is 13.3. The average Bonchev–Trinajstić information content (AvgIpc) is 2.67. The van der Waals surface area contributed by atoms with Gasteiger partial charge in [0.2, 0.25) is 0 Å². The predicted octanol–water partition coefficient (Wildman–Crippen LogP) is 6.07. The first kappa shape index (κ1) is 17.4. The van der Waals surface area contributed by atoms with Crippen molar-refractivity contribution in [2.75, 3.05) is 0 Å². The standard InChI is InChI=1S/C22H19FOS/c23-20-13-11-19(12-14-20)22(25-16-17-7-3-1-4-8-17)15-21(24)18-9-5-2-6-10-18/h1-14,22H,15-16H2. The Hall–Kier alpha value is -2.39. The maximum atomic E-state index is 13.3. The Morgan fingerprint density at radius 1 is 0.840 bits per heavy atom. The minimum Gasteiger partial charge on any atom is -0.294 e. The van der Waals surface area contributed by atoms with Gasteiger partial charge in [0.25, 0.3) is 0 Å².